The first-order valence-corrected chi connectivity index (χ1v) is 6.83. The molecule has 82 valence electrons. The van der Waals surface area contributed by atoms with Gasteiger partial charge in [-0.15, -0.1) is 23.1 Å². The van der Waals surface area contributed by atoms with Crippen molar-refractivity contribution in [2.24, 2.45) is 0 Å². The summed E-state index contributed by atoms with van der Waals surface area (Å²) in [5.74, 6) is 0.170. The Hall–Kier alpha value is -0.0300. The molecule has 1 fully saturated rings. The van der Waals surface area contributed by atoms with Crippen LogP contribution in [0.4, 0.5) is 0 Å². The first-order valence-electron chi connectivity index (χ1n) is 4.69. The number of thiophene rings is 1. The van der Waals surface area contributed by atoms with Gasteiger partial charge in [0.2, 0.25) is 0 Å². The average molecular weight is 263 g/mol. The summed E-state index contributed by atoms with van der Waals surface area (Å²) in [6.07, 6.45) is 0. The van der Waals surface area contributed by atoms with Gasteiger partial charge >= 0.3 is 0 Å². The minimum absolute atomic E-state index is 0.00591. The number of ketones is 1. The Balaban J connectivity index is 1.94. The van der Waals surface area contributed by atoms with Gasteiger partial charge in [0.25, 0.3) is 0 Å². The van der Waals surface area contributed by atoms with E-state index in [4.69, 9.17) is 16.3 Å². The third-order valence-corrected chi connectivity index (χ3v) is 4.71. The molecule has 0 saturated carbocycles. The summed E-state index contributed by atoms with van der Waals surface area (Å²) in [5.41, 5.74) is 0. The molecule has 1 aliphatic rings. The number of thioether (sulfide) groups is 1. The molecule has 0 aliphatic carbocycles. The average Bonchev–Trinajstić information content (AvgIpc) is 2.56. The second-order valence-corrected chi connectivity index (χ2v) is 6.77. The van der Waals surface area contributed by atoms with Crippen LogP contribution in [0.15, 0.2) is 12.1 Å². The van der Waals surface area contributed by atoms with Gasteiger partial charge in [0.05, 0.1) is 32.9 Å². The van der Waals surface area contributed by atoms with Crippen LogP contribution in [0.2, 0.25) is 4.34 Å². The maximum Gasteiger partial charge on any atom is 0.185 e. The molecule has 1 aromatic rings. The van der Waals surface area contributed by atoms with Gasteiger partial charge in [-0.2, -0.15) is 0 Å². The molecule has 0 N–H and O–H groups in total. The largest absolute Gasteiger partial charge is 0.379 e. The number of hydrogen-bond donors (Lipinski definition) is 0. The molecule has 0 bridgehead atoms. The smallest absolute Gasteiger partial charge is 0.185 e. The molecule has 2 rings (SSSR count). The Bertz CT molecular complexity index is 360. The highest BCUT2D eigenvalue weighted by Gasteiger charge is 2.26. The van der Waals surface area contributed by atoms with Gasteiger partial charge in [-0.1, -0.05) is 11.6 Å². The Morgan fingerprint density at radius 3 is 2.87 bits per heavy atom. The number of hydrogen-bond acceptors (Lipinski definition) is 4. The van der Waals surface area contributed by atoms with Crippen LogP contribution in [0.1, 0.15) is 16.6 Å². The second kappa shape index (κ2) is 4.87. The molecule has 0 radical (unpaired) electrons. The van der Waals surface area contributed by atoms with E-state index in [0.717, 1.165) is 18.1 Å². The van der Waals surface area contributed by atoms with E-state index in [2.05, 4.69) is 0 Å². The summed E-state index contributed by atoms with van der Waals surface area (Å²) in [6, 6.07) is 3.56. The summed E-state index contributed by atoms with van der Waals surface area (Å²) >= 11 is 8.83. The molecule has 15 heavy (non-hydrogen) atoms. The van der Waals surface area contributed by atoms with Crippen LogP contribution >= 0.6 is 34.7 Å². The maximum atomic E-state index is 11.9. The summed E-state index contributed by atoms with van der Waals surface area (Å²) in [7, 11) is 0. The van der Waals surface area contributed by atoms with Gasteiger partial charge in [-0.05, 0) is 19.1 Å². The summed E-state index contributed by atoms with van der Waals surface area (Å²) in [5, 5.41) is 0.480. The minimum Gasteiger partial charge on any atom is -0.379 e. The second-order valence-electron chi connectivity index (χ2n) is 3.41. The zero-order valence-corrected chi connectivity index (χ0v) is 10.6. The van der Waals surface area contributed by atoms with Crippen molar-refractivity contribution in [2.45, 2.75) is 17.4 Å². The van der Waals surface area contributed by atoms with Crippen molar-refractivity contribution in [2.75, 3.05) is 13.2 Å². The van der Waals surface area contributed by atoms with E-state index in [9.17, 15) is 4.79 Å². The number of Topliss-reactive ketones (excluding diaryl/α,β-unsaturated/α-hetero) is 1. The van der Waals surface area contributed by atoms with Crippen LogP contribution in [0.25, 0.3) is 0 Å². The van der Waals surface area contributed by atoms with Crippen molar-refractivity contribution in [1.29, 1.82) is 0 Å². The fourth-order valence-electron chi connectivity index (χ4n) is 1.29. The molecule has 1 aliphatic heterocycles. The maximum absolute atomic E-state index is 11.9. The molecule has 2 nitrogen and oxygen atoms in total. The normalized spacial score (nSPS) is 18.5. The number of carbonyl (C=O) groups excluding carboxylic acids is 1. The Kier molecular flexibility index (Phi) is 3.72. The lowest BCUT2D eigenvalue weighted by Crippen LogP contribution is -2.33. The quantitative estimate of drug-likeness (QED) is 0.780. The van der Waals surface area contributed by atoms with E-state index < -0.39 is 0 Å². The number of rotatable bonds is 4. The monoisotopic (exact) mass is 262 g/mol. The Morgan fingerprint density at radius 1 is 1.67 bits per heavy atom. The molecule has 1 aromatic heterocycles. The van der Waals surface area contributed by atoms with Crippen molar-refractivity contribution >= 4 is 40.5 Å². The highest BCUT2D eigenvalue weighted by Crippen LogP contribution is 2.29. The van der Waals surface area contributed by atoms with Crippen LogP contribution in [-0.4, -0.2) is 29.5 Å². The lowest BCUT2D eigenvalue weighted by molar-refractivity contribution is 0.0453. The third-order valence-electron chi connectivity index (χ3n) is 2.19. The summed E-state index contributed by atoms with van der Waals surface area (Å²) < 4.78 is 5.74. The van der Waals surface area contributed by atoms with E-state index >= 15 is 0 Å². The van der Waals surface area contributed by atoms with E-state index in [1.54, 1.807) is 23.9 Å². The Labute approximate surface area is 102 Å². The predicted molar refractivity (Wildman–Crippen MR) is 65.3 cm³/mol. The van der Waals surface area contributed by atoms with Crippen molar-refractivity contribution in [3.8, 4) is 0 Å². The number of ether oxygens (including phenoxy) is 1. The summed E-state index contributed by atoms with van der Waals surface area (Å²) in [6.45, 7) is 3.49. The topological polar surface area (TPSA) is 26.3 Å². The van der Waals surface area contributed by atoms with Crippen molar-refractivity contribution in [1.82, 2.24) is 0 Å². The third kappa shape index (κ3) is 2.75. The zero-order chi connectivity index (χ0) is 10.8. The highest BCUT2D eigenvalue weighted by molar-refractivity contribution is 8.01. The van der Waals surface area contributed by atoms with E-state index in [-0.39, 0.29) is 11.0 Å². The van der Waals surface area contributed by atoms with Crippen LogP contribution < -0.4 is 0 Å². The van der Waals surface area contributed by atoms with E-state index in [1.807, 2.05) is 6.92 Å². The molecule has 1 atom stereocenters. The fraction of sp³-hybridized carbons (Fsp3) is 0.500. The lowest BCUT2D eigenvalue weighted by atomic mass is 10.2. The van der Waals surface area contributed by atoms with Gasteiger partial charge in [0.1, 0.15) is 0 Å². The van der Waals surface area contributed by atoms with Gasteiger partial charge < -0.3 is 4.74 Å². The zero-order valence-electron chi connectivity index (χ0n) is 8.23. The molecule has 1 saturated heterocycles. The van der Waals surface area contributed by atoms with Gasteiger partial charge in [-0.3, -0.25) is 4.79 Å². The van der Waals surface area contributed by atoms with Crippen LogP contribution in [-0.2, 0) is 4.74 Å². The molecule has 0 amide bonds. The molecule has 5 heteroatoms. The number of carbonyl (C=O) groups is 1. The SMILES string of the molecule is CC(SC1COC1)C(=O)c1ccc(Cl)s1. The lowest BCUT2D eigenvalue weighted by Gasteiger charge is -2.27. The molecular formula is C10H11ClO2S2. The van der Waals surface area contributed by atoms with Crippen molar-refractivity contribution in [3.63, 3.8) is 0 Å². The standard InChI is InChI=1S/C10H11ClO2S2/c1-6(14-7-4-13-5-7)10(12)8-2-3-9(11)15-8/h2-3,6-7H,4-5H2,1H3. The van der Waals surface area contributed by atoms with Gasteiger partial charge in [-0.25, -0.2) is 0 Å². The van der Waals surface area contributed by atoms with Crippen LogP contribution in [0, 0.1) is 0 Å². The first-order chi connectivity index (χ1) is 7.16. The molecule has 0 aromatic carbocycles. The fourth-order valence-corrected chi connectivity index (χ4v) is 3.61. The molecule has 2 heterocycles. The van der Waals surface area contributed by atoms with Crippen molar-refractivity contribution in [3.05, 3.63) is 21.3 Å². The number of halogens is 1. The molecule has 1 unspecified atom stereocenters. The molecular weight excluding hydrogens is 252 g/mol. The Morgan fingerprint density at radius 2 is 2.40 bits per heavy atom. The summed E-state index contributed by atoms with van der Waals surface area (Å²) in [4.78, 5) is 12.7. The van der Waals surface area contributed by atoms with E-state index in [1.165, 1.54) is 11.3 Å². The predicted octanol–water partition coefficient (Wildman–Crippen LogP) is 3.10. The first kappa shape index (κ1) is 11.5. The van der Waals surface area contributed by atoms with Crippen LogP contribution in [0.5, 0.6) is 0 Å². The van der Waals surface area contributed by atoms with Gasteiger partial charge in [0, 0.05) is 0 Å². The minimum atomic E-state index is -0.00591. The molecule has 0 spiro atoms. The highest BCUT2D eigenvalue weighted by atomic mass is 35.5. The van der Waals surface area contributed by atoms with Gasteiger partial charge in [0.15, 0.2) is 5.78 Å². The van der Waals surface area contributed by atoms with E-state index in [0.29, 0.717) is 9.59 Å². The van der Waals surface area contributed by atoms with Crippen LogP contribution in [0.3, 0.4) is 0 Å². The van der Waals surface area contributed by atoms with Crippen molar-refractivity contribution < 1.29 is 9.53 Å².